The molecule has 28 heavy (non-hydrogen) atoms. The number of benzene rings is 2. The molecule has 4 rings (SSSR count). The van der Waals surface area contributed by atoms with E-state index in [-0.39, 0.29) is 17.5 Å². The highest BCUT2D eigenvalue weighted by atomic mass is 19.4. The lowest BCUT2D eigenvalue weighted by Crippen LogP contribution is -2.39. The average molecular weight is 387 g/mol. The molecular formula is C21H20F3N3O. The Morgan fingerprint density at radius 2 is 1.79 bits per heavy atom. The molecule has 0 unspecified atom stereocenters. The predicted molar refractivity (Wildman–Crippen MR) is 99.8 cm³/mol. The van der Waals surface area contributed by atoms with Gasteiger partial charge in [0.1, 0.15) is 5.82 Å². The van der Waals surface area contributed by atoms with Crippen LogP contribution in [0.15, 0.2) is 48.5 Å². The van der Waals surface area contributed by atoms with Crippen LogP contribution in [-0.2, 0) is 13.2 Å². The molecule has 1 fully saturated rings. The zero-order chi connectivity index (χ0) is 19.9. The number of carbonyl (C=O) groups excluding carboxylic acids is 1. The van der Waals surface area contributed by atoms with Gasteiger partial charge in [-0.25, -0.2) is 4.98 Å². The molecule has 2 heterocycles. The Morgan fingerprint density at radius 1 is 1.07 bits per heavy atom. The fourth-order valence-electron chi connectivity index (χ4n) is 3.87. The molecule has 3 aromatic rings. The molecule has 1 aliphatic rings. The molecule has 0 radical (unpaired) electrons. The largest absolute Gasteiger partial charge is 0.416 e. The van der Waals surface area contributed by atoms with E-state index >= 15 is 0 Å². The van der Waals surface area contributed by atoms with Crippen LogP contribution in [0.5, 0.6) is 0 Å². The maximum Gasteiger partial charge on any atom is 0.416 e. The summed E-state index contributed by atoms with van der Waals surface area (Å²) in [4.78, 5) is 19.6. The minimum atomic E-state index is -4.41. The summed E-state index contributed by atoms with van der Waals surface area (Å²) in [5, 5.41) is 0. The molecule has 4 nitrogen and oxygen atoms in total. The number of likely N-dealkylation sites (tertiary alicyclic amines) is 1. The number of carbonyl (C=O) groups is 1. The van der Waals surface area contributed by atoms with Gasteiger partial charge in [-0.15, -0.1) is 0 Å². The quantitative estimate of drug-likeness (QED) is 0.623. The van der Waals surface area contributed by atoms with Crippen molar-refractivity contribution in [2.45, 2.75) is 31.5 Å². The normalized spacial score (nSPS) is 17.9. The molecular weight excluding hydrogens is 367 g/mol. The van der Waals surface area contributed by atoms with Crippen molar-refractivity contribution in [1.29, 1.82) is 0 Å². The van der Waals surface area contributed by atoms with Gasteiger partial charge >= 0.3 is 6.18 Å². The van der Waals surface area contributed by atoms with E-state index in [1.165, 1.54) is 12.1 Å². The minimum Gasteiger partial charge on any atom is -0.329 e. The van der Waals surface area contributed by atoms with Gasteiger partial charge in [-0.2, -0.15) is 13.2 Å². The molecule has 0 N–H and O–H groups in total. The van der Waals surface area contributed by atoms with Crippen molar-refractivity contribution in [2.75, 3.05) is 6.54 Å². The molecule has 2 aromatic carbocycles. The van der Waals surface area contributed by atoms with Crippen LogP contribution in [-0.4, -0.2) is 26.9 Å². The number of amides is 1. The molecule has 1 saturated heterocycles. The zero-order valence-corrected chi connectivity index (χ0v) is 15.4. The van der Waals surface area contributed by atoms with E-state index in [0.29, 0.717) is 6.54 Å². The molecule has 146 valence electrons. The molecule has 1 atom stereocenters. The highest BCUT2D eigenvalue weighted by molar-refractivity contribution is 5.94. The molecule has 1 aromatic heterocycles. The SMILES string of the molecule is Cn1c([C@H]2CCCCN2C(=O)c2ccc(C(F)(F)F)cc2)nc2ccccc21. The number of halogens is 3. The molecule has 0 saturated carbocycles. The Labute approximate surface area is 160 Å². The Kier molecular flexibility index (Phi) is 4.61. The van der Waals surface area contributed by atoms with E-state index < -0.39 is 11.7 Å². The van der Waals surface area contributed by atoms with Gasteiger partial charge in [-0.05, 0) is 55.7 Å². The van der Waals surface area contributed by atoms with E-state index in [9.17, 15) is 18.0 Å². The number of hydrogen-bond acceptors (Lipinski definition) is 2. The van der Waals surface area contributed by atoms with Gasteiger partial charge in [0.2, 0.25) is 0 Å². The third-order valence-electron chi connectivity index (χ3n) is 5.34. The number of para-hydroxylation sites is 2. The molecule has 1 amide bonds. The van der Waals surface area contributed by atoms with Crippen LogP contribution in [0.1, 0.15) is 47.1 Å². The van der Waals surface area contributed by atoms with Crippen molar-refractivity contribution in [3.05, 3.63) is 65.5 Å². The zero-order valence-electron chi connectivity index (χ0n) is 15.4. The first-order valence-electron chi connectivity index (χ1n) is 9.26. The van der Waals surface area contributed by atoms with Crippen LogP contribution >= 0.6 is 0 Å². The summed E-state index contributed by atoms with van der Waals surface area (Å²) < 4.78 is 40.4. The van der Waals surface area contributed by atoms with Crippen molar-refractivity contribution in [2.24, 2.45) is 7.05 Å². The number of aromatic nitrogens is 2. The average Bonchev–Trinajstić information content (AvgIpc) is 3.04. The van der Waals surface area contributed by atoms with E-state index in [2.05, 4.69) is 0 Å². The molecule has 1 aliphatic heterocycles. The second-order valence-electron chi connectivity index (χ2n) is 7.10. The van der Waals surface area contributed by atoms with Crippen molar-refractivity contribution < 1.29 is 18.0 Å². The van der Waals surface area contributed by atoms with E-state index in [1.807, 2.05) is 35.9 Å². The highest BCUT2D eigenvalue weighted by Crippen LogP contribution is 2.34. The van der Waals surface area contributed by atoms with Gasteiger partial charge in [-0.1, -0.05) is 12.1 Å². The van der Waals surface area contributed by atoms with Gasteiger partial charge in [-0.3, -0.25) is 4.79 Å². The fourth-order valence-corrected chi connectivity index (χ4v) is 3.87. The van der Waals surface area contributed by atoms with Crippen molar-refractivity contribution >= 4 is 16.9 Å². The third-order valence-corrected chi connectivity index (χ3v) is 5.34. The monoisotopic (exact) mass is 387 g/mol. The summed E-state index contributed by atoms with van der Waals surface area (Å²) in [5.74, 6) is 0.548. The first-order chi connectivity index (χ1) is 13.4. The van der Waals surface area contributed by atoms with Gasteiger partial charge in [0.15, 0.2) is 0 Å². The Balaban J connectivity index is 1.66. The lowest BCUT2D eigenvalue weighted by molar-refractivity contribution is -0.137. The number of imidazole rings is 1. The van der Waals surface area contributed by atoms with Gasteiger partial charge in [0, 0.05) is 19.2 Å². The van der Waals surface area contributed by atoms with Crippen molar-refractivity contribution in [1.82, 2.24) is 14.5 Å². The molecule has 0 spiro atoms. The number of hydrogen-bond donors (Lipinski definition) is 0. The van der Waals surface area contributed by atoms with E-state index in [1.54, 1.807) is 4.90 Å². The number of piperidine rings is 1. The fraction of sp³-hybridized carbons (Fsp3) is 0.333. The summed E-state index contributed by atoms with van der Waals surface area (Å²) in [6, 6.07) is 12.0. The summed E-state index contributed by atoms with van der Waals surface area (Å²) in [6.07, 6.45) is -1.79. The molecule has 7 heteroatoms. The Bertz CT molecular complexity index is 1010. The van der Waals surface area contributed by atoms with Crippen LogP contribution < -0.4 is 0 Å². The molecule has 0 aliphatic carbocycles. The maximum atomic E-state index is 13.1. The highest BCUT2D eigenvalue weighted by Gasteiger charge is 2.33. The van der Waals surface area contributed by atoms with Crippen LogP contribution in [0.2, 0.25) is 0 Å². The van der Waals surface area contributed by atoms with E-state index in [4.69, 9.17) is 4.98 Å². The predicted octanol–water partition coefficient (Wildman–Crippen LogP) is 4.96. The van der Waals surface area contributed by atoms with E-state index in [0.717, 1.165) is 48.3 Å². The third kappa shape index (κ3) is 3.25. The number of alkyl halides is 3. The Hall–Kier alpha value is -2.83. The summed E-state index contributed by atoms with van der Waals surface area (Å²) in [7, 11) is 1.93. The number of fused-ring (bicyclic) bond motifs is 1. The Morgan fingerprint density at radius 3 is 2.46 bits per heavy atom. The van der Waals surface area contributed by atoms with Gasteiger partial charge in [0.05, 0.1) is 22.6 Å². The smallest absolute Gasteiger partial charge is 0.329 e. The van der Waals surface area contributed by atoms with Gasteiger partial charge < -0.3 is 9.47 Å². The molecule has 0 bridgehead atoms. The van der Waals surface area contributed by atoms with Crippen LogP contribution in [0.4, 0.5) is 13.2 Å². The lowest BCUT2D eigenvalue weighted by Gasteiger charge is -2.35. The topological polar surface area (TPSA) is 38.1 Å². The second-order valence-corrected chi connectivity index (χ2v) is 7.10. The first kappa shape index (κ1) is 18.5. The van der Waals surface area contributed by atoms with Crippen molar-refractivity contribution in [3.63, 3.8) is 0 Å². The van der Waals surface area contributed by atoms with Crippen LogP contribution in [0.3, 0.4) is 0 Å². The summed E-state index contributed by atoms with van der Waals surface area (Å²) in [5.41, 5.74) is 1.37. The minimum absolute atomic E-state index is 0.194. The number of rotatable bonds is 2. The summed E-state index contributed by atoms with van der Waals surface area (Å²) in [6.45, 7) is 0.563. The number of aryl methyl sites for hydroxylation is 1. The second kappa shape index (κ2) is 6.96. The number of nitrogens with zero attached hydrogens (tertiary/aromatic N) is 3. The van der Waals surface area contributed by atoms with Crippen LogP contribution in [0.25, 0.3) is 11.0 Å². The van der Waals surface area contributed by atoms with Gasteiger partial charge in [0.25, 0.3) is 5.91 Å². The maximum absolute atomic E-state index is 13.1. The standard InChI is InChI=1S/C21H20F3N3O/c1-26-17-7-3-2-6-16(17)25-19(26)18-8-4-5-13-27(18)20(28)14-9-11-15(12-10-14)21(22,23)24/h2-3,6-7,9-12,18H,4-5,8,13H2,1H3/t18-/m1/s1. The first-order valence-corrected chi connectivity index (χ1v) is 9.26. The lowest BCUT2D eigenvalue weighted by atomic mass is 9.99. The van der Waals surface area contributed by atoms with Crippen LogP contribution in [0, 0.1) is 0 Å². The summed E-state index contributed by atoms with van der Waals surface area (Å²) >= 11 is 0. The van der Waals surface area contributed by atoms with Crippen molar-refractivity contribution in [3.8, 4) is 0 Å².